The monoisotopic (exact) mass is 451 g/mol. The molecule has 4 rings (SSSR count). The van der Waals surface area contributed by atoms with Crippen LogP contribution in [0, 0.1) is 0 Å². The molecule has 158 valence electrons. The Bertz CT molecular complexity index is 1180. The van der Waals surface area contributed by atoms with Gasteiger partial charge in [0.15, 0.2) is 0 Å². The van der Waals surface area contributed by atoms with Crippen molar-refractivity contribution in [2.75, 3.05) is 24.9 Å². The van der Waals surface area contributed by atoms with E-state index in [1.54, 1.807) is 17.0 Å². The number of aromatic nitrogens is 3. The van der Waals surface area contributed by atoms with Gasteiger partial charge in [-0.2, -0.15) is 0 Å². The molecular formula is C18H18ClN5O5S. The molecule has 0 radical (unpaired) electrons. The van der Waals surface area contributed by atoms with E-state index in [4.69, 9.17) is 20.8 Å². The van der Waals surface area contributed by atoms with Gasteiger partial charge in [-0.15, -0.1) is 10.2 Å². The summed E-state index contributed by atoms with van der Waals surface area (Å²) in [6.07, 6.45) is 3.16. The molecule has 1 aromatic carbocycles. The second-order valence-electron chi connectivity index (χ2n) is 6.61. The molecule has 3 aromatic rings. The highest BCUT2D eigenvalue weighted by Gasteiger charge is 2.26. The van der Waals surface area contributed by atoms with Crippen LogP contribution in [0.2, 0.25) is 5.02 Å². The summed E-state index contributed by atoms with van der Waals surface area (Å²) in [6.45, 7) is 1.31. The van der Waals surface area contributed by atoms with E-state index in [-0.39, 0.29) is 34.0 Å². The zero-order chi connectivity index (χ0) is 21.3. The van der Waals surface area contributed by atoms with Crippen LogP contribution in [-0.2, 0) is 10.0 Å². The summed E-state index contributed by atoms with van der Waals surface area (Å²) < 4.78 is 38.6. The SMILES string of the molecule is COc1ccc(Cl)cc1NS(=O)(=O)c1c[nH]c(-c2nnc(C(=O)N3CCCC3)o2)c1. The van der Waals surface area contributed by atoms with Crippen LogP contribution in [-0.4, -0.2) is 54.6 Å². The van der Waals surface area contributed by atoms with Crippen LogP contribution in [0.15, 0.2) is 39.8 Å². The third-order valence-corrected chi connectivity index (χ3v) is 6.18. The number of H-pyrrole nitrogens is 1. The Labute approximate surface area is 177 Å². The van der Waals surface area contributed by atoms with Crippen molar-refractivity contribution in [2.45, 2.75) is 17.7 Å². The van der Waals surface area contributed by atoms with Crippen molar-refractivity contribution in [1.82, 2.24) is 20.1 Å². The number of amides is 1. The number of ether oxygens (including phenoxy) is 1. The van der Waals surface area contributed by atoms with Gasteiger partial charge in [0, 0.05) is 24.3 Å². The first kappa shape index (κ1) is 20.2. The highest BCUT2D eigenvalue weighted by atomic mass is 35.5. The van der Waals surface area contributed by atoms with Crippen LogP contribution in [0.1, 0.15) is 23.5 Å². The van der Waals surface area contributed by atoms with E-state index in [1.165, 1.54) is 25.4 Å². The molecule has 2 N–H and O–H groups in total. The molecular weight excluding hydrogens is 434 g/mol. The number of benzene rings is 1. The summed E-state index contributed by atoms with van der Waals surface area (Å²) in [4.78, 5) is 16.7. The normalized spacial score (nSPS) is 14.1. The first-order valence-corrected chi connectivity index (χ1v) is 10.9. The van der Waals surface area contributed by atoms with Crippen molar-refractivity contribution in [3.63, 3.8) is 0 Å². The molecule has 2 aromatic heterocycles. The minimum atomic E-state index is -3.96. The number of halogens is 1. The maximum absolute atomic E-state index is 12.8. The minimum Gasteiger partial charge on any atom is -0.495 e. The van der Waals surface area contributed by atoms with Crippen molar-refractivity contribution in [3.05, 3.63) is 41.4 Å². The van der Waals surface area contributed by atoms with Crippen molar-refractivity contribution >= 4 is 33.2 Å². The lowest BCUT2D eigenvalue weighted by atomic mass is 10.3. The fraction of sp³-hybridized carbons (Fsp3) is 0.278. The van der Waals surface area contributed by atoms with Gasteiger partial charge < -0.3 is 19.0 Å². The van der Waals surface area contributed by atoms with Crippen molar-refractivity contribution < 1.29 is 22.4 Å². The third kappa shape index (κ3) is 3.98. The van der Waals surface area contributed by atoms with Crippen LogP contribution in [0.5, 0.6) is 5.75 Å². The first-order valence-electron chi connectivity index (χ1n) is 9.05. The summed E-state index contributed by atoms with van der Waals surface area (Å²) >= 11 is 5.95. The van der Waals surface area contributed by atoms with Crippen molar-refractivity contribution in [2.24, 2.45) is 0 Å². The van der Waals surface area contributed by atoms with E-state index in [0.29, 0.717) is 23.9 Å². The Balaban J connectivity index is 1.55. The van der Waals surface area contributed by atoms with Gasteiger partial charge in [0.2, 0.25) is 0 Å². The predicted octanol–water partition coefficient (Wildman–Crippen LogP) is 2.76. The average Bonchev–Trinajstić information content (AvgIpc) is 3.48. The molecule has 0 aliphatic carbocycles. The lowest BCUT2D eigenvalue weighted by Gasteiger charge is -2.11. The van der Waals surface area contributed by atoms with E-state index in [1.807, 2.05) is 0 Å². The first-order chi connectivity index (χ1) is 14.4. The minimum absolute atomic E-state index is 0.0133. The number of nitrogens with one attached hydrogen (secondary N) is 2. The summed E-state index contributed by atoms with van der Waals surface area (Å²) in [5, 5.41) is 7.98. The maximum atomic E-state index is 12.8. The molecule has 1 aliphatic heterocycles. The highest BCUT2D eigenvalue weighted by molar-refractivity contribution is 7.92. The number of likely N-dealkylation sites (tertiary alicyclic amines) is 1. The van der Waals surface area contributed by atoms with Gasteiger partial charge in [-0.3, -0.25) is 9.52 Å². The van der Waals surface area contributed by atoms with E-state index in [2.05, 4.69) is 19.9 Å². The fourth-order valence-electron chi connectivity index (χ4n) is 3.09. The lowest BCUT2D eigenvalue weighted by molar-refractivity contribution is 0.0754. The largest absolute Gasteiger partial charge is 0.495 e. The zero-order valence-corrected chi connectivity index (χ0v) is 17.5. The zero-order valence-electron chi connectivity index (χ0n) is 15.9. The number of carbonyl (C=O) groups is 1. The Morgan fingerprint density at radius 1 is 1.27 bits per heavy atom. The topological polar surface area (TPSA) is 130 Å². The van der Waals surface area contributed by atoms with E-state index >= 15 is 0 Å². The summed E-state index contributed by atoms with van der Waals surface area (Å²) in [5.74, 6) is -0.131. The Morgan fingerprint density at radius 2 is 2.03 bits per heavy atom. The van der Waals surface area contributed by atoms with Crippen LogP contribution in [0.25, 0.3) is 11.6 Å². The Hall–Kier alpha value is -3.05. The standard InChI is InChI=1S/C18H18ClN5O5S/c1-28-15-5-4-11(19)8-13(15)23-30(26,27)12-9-14(20-10-12)16-21-22-17(29-16)18(25)24-6-2-3-7-24/h4-5,8-10,20,23H,2-3,6-7H2,1H3. The summed E-state index contributed by atoms with van der Waals surface area (Å²) in [7, 11) is -2.53. The van der Waals surface area contributed by atoms with Crippen LogP contribution < -0.4 is 9.46 Å². The fourth-order valence-corrected chi connectivity index (χ4v) is 4.32. The number of hydrogen-bond donors (Lipinski definition) is 2. The number of methoxy groups -OCH3 is 1. The molecule has 0 atom stereocenters. The quantitative estimate of drug-likeness (QED) is 0.589. The lowest BCUT2D eigenvalue weighted by Crippen LogP contribution is -2.27. The number of nitrogens with zero attached hydrogens (tertiary/aromatic N) is 3. The van der Waals surface area contributed by atoms with Gasteiger partial charge in [0.1, 0.15) is 16.3 Å². The van der Waals surface area contributed by atoms with Gasteiger partial charge in [-0.05, 0) is 37.1 Å². The second kappa shape index (κ2) is 8.00. The third-order valence-electron chi connectivity index (χ3n) is 4.60. The number of carbonyl (C=O) groups excluding carboxylic acids is 1. The van der Waals surface area contributed by atoms with E-state index < -0.39 is 10.0 Å². The van der Waals surface area contributed by atoms with Crippen LogP contribution in [0.4, 0.5) is 5.69 Å². The molecule has 0 spiro atoms. The van der Waals surface area contributed by atoms with Gasteiger partial charge in [0.25, 0.3) is 15.9 Å². The molecule has 1 amide bonds. The molecule has 1 aliphatic rings. The van der Waals surface area contributed by atoms with Gasteiger partial charge >= 0.3 is 11.8 Å². The van der Waals surface area contributed by atoms with E-state index in [9.17, 15) is 13.2 Å². The smallest absolute Gasteiger partial charge is 0.311 e. The molecule has 0 bridgehead atoms. The summed E-state index contributed by atoms with van der Waals surface area (Å²) in [6, 6.07) is 5.92. The number of rotatable bonds is 6. The molecule has 30 heavy (non-hydrogen) atoms. The number of aromatic amines is 1. The van der Waals surface area contributed by atoms with Gasteiger partial charge in [-0.1, -0.05) is 11.6 Å². The Morgan fingerprint density at radius 3 is 2.77 bits per heavy atom. The van der Waals surface area contributed by atoms with Crippen LogP contribution >= 0.6 is 11.6 Å². The van der Waals surface area contributed by atoms with Gasteiger partial charge in [0.05, 0.1) is 12.8 Å². The van der Waals surface area contributed by atoms with Gasteiger partial charge in [-0.25, -0.2) is 8.42 Å². The van der Waals surface area contributed by atoms with Crippen LogP contribution in [0.3, 0.4) is 0 Å². The number of anilines is 1. The maximum Gasteiger partial charge on any atom is 0.311 e. The van der Waals surface area contributed by atoms with Crippen molar-refractivity contribution in [1.29, 1.82) is 0 Å². The Kier molecular flexibility index (Phi) is 5.39. The predicted molar refractivity (Wildman–Crippen MR) is 108 cm³/mol. The highest BCUT2D eigenvalue weighted by Crippen LogP contribution is 2.30. The number of hydrogen-bond acceptors (Lipinski definition) is 7. The molecule has 3 heterocycles. The molecule has 1 saturated heterocycles. The summed E-state index contributed by atoms with van der Waals surface area (Å²) in [5.41, 5.74) is 0.463. The molecule has 0 saturated carbocycles. The molecule has 12 heteroatoms. The number of sulfonamides is 1. The van der Waals surface area contributed by atoms with Crippen molar-refractivity contribution in [3.8, 4) is 17.3 Å². The average molecular weight is 452 g/mol. The second-order valence-corrected chi connectivity index (χ2v) is 8.73. The molecule has 1 fully saturated rings. The van der Waals surface area contributed by atoms with E-state index in [0.717, 1.165) is 12.8 Å². The molecule has 10 nitrogen and oxygen atoms in total. The molecule has 0 unspecified atom stereocenters.